The fourth-order valence-electron chi connectivity index (χ4n) is 2.89. The molecule has 0 saturated carbocycles. The Hall–Kier alpha value is -1.35. The smallest absolute Gasteiger partial charge is 0.220 e. The predicted octanol–water partition coefficient (Wildman–Crippen LogP) is 3.06. The van der Waals surface area contributed by atoms with E-state index in [0.717, 1.165) is 26.2 Å². The maximum Gasteiger partial charge on any atom is 0.220 e. The first-order valence-corrected chi connectivity index (χ1v) is 8.16. The molecule has 0 aliphatic carbocycles. The SMILES string of the molecule is CC(C)CC(=O)NCC1CCN(Cc2ccccc2)CC1. The van der Waals surface area contributed by atoms with Crippen molar-refractivity contribution in [3.63, 3.8) is 0 Å². The minimum Gasteiger partial charge on any atom is -0.356 e. The van der Waals surface area contributed by atoms with Crippen LogP contribution in [-0.2, 0) is 11.3 Å². The van der Waals surface area contributed by atoms with Crippen LogP contribution in [0.2, 0.25) is 0 Å². The summed E-state index contributed by atoms with van der Waals surface area (Å²) in [6.07, 6.45) is 3.02. The lowest BCUT2D eigenvalue weighted by atomic mass is 9.96. The summed E-state index contributed by atoms with van der Waals surface area (Å²) in [7, 11) is 0. The Bertz CT molecular complexity index is 422. The van der Waals surface area contributed by atoms with Gasteiger partial charge in [0.2, 0.25) is 5.91 Å². The van der Waals surface area contributed by atoms with Gasteiger partial charge in [-0.05, 0) is 43.3 Å². The van der Waals surface area contributed by atoms with Gasteiger partial charge in [-0.1, -0.05) is 44.2 Å². The number of nitrogens with one attached hydrogen (secondary N) is 1. The van der Waals surface area contributed by atoms with Gasteiger partial charge >= 0.3 is 0 Å². The molecular weight excluding hydrogens is 260 g/mol. The van der Waals surface area contributed by atoms with Crippen molar-refractivity contribution in [3.8, 4) is 0 Å². The number of carbonyl (C=O) groups excluding carboxylic acids is 1. The van der Waals surface area contributed by atoms with Crippen molar-refractivity contribution in [2.45, 2.75) is 39.7 Å². The van der Waals surface area contributed by atoms with Gasteiger partial charge in [-0.3, -0.25) is 9.69 Å². The minimum atomic E-state index is 0.205. The molecule has 0 radical (unpaired) electrons. The number of hydrogen-bond acceptors (Lipinski definition) is 2. The summed E-state index contributed by atoms with van der Waals surface area (Å²) in [6.45, 7) is 8.35. The number of benzene rings is 1. The standard InChI is InChI=1S/C18H28N2O/c1-15(2)12-18(21)19-13-16-8-10-20(11-9-16)14-17-6-4-3-5-7-17/h3-7,15-16H,8-14H2,1-2H3,(H,19,21). The number of nitrogens with zero attached hydrogens (tertiary/aromatic N) is 1. The van der Waals surface area contributed by atoms with Gasteiger partial charge in [0.05, 0.1) is 0 Å². The molecule has 1 heterocycles. The van der Waals surface area contributed by atoms with Gasteiger partial charge in [0, 0.05) is 19.5 Å². The summed E-state index contributed by atoms with van der Waals surface area (Å²) in [5, 5.41) is 3.09. The third kappa shape index (κ3) is 5.88. The minimum absolute atomic E-state index is 0.205. The molecule has 3 nitrogen and oxygen atoms in total. The average Bonchev–Trinajstić information content (AvgIpc) is 2.47. The van der Waals surface area contributed by atoms with Crippen LogP contribution in [-0.4, -0.2) is 30.4 Å². The Morgan fingerprint density at radius 3 is 2.52 bits per heavy atom. The molecule has 1 aromatic rings. The van der Waals surface area contributed by atoms with Crippen LogP contribution in [0.4, 0.5) is 0 Å². The van der Waals surface area contributed by atoms with Crippen LogP contribution >= 0.6 is 0 Å². The lowest BCUT2D eigenvalue weighted by Crippen LogP contribution is -2.38. The highest BCUT2D eigenvalue weighted by atomic mass is 16.1. The van der Waals surface area contributed by atoms with Crippen LogP contribution in [0.15, 0.2) is 30.3 Å². The average molecular weight is 288 g/mol. The fourth-order valence-corrected chi connectivity index (χ4v) is 2.89. The van der Waals surface area contributed by atoms with Crippen molar-refractivity contribution in [1.82, 2.24) is 10.2 Å². The van der Waals surface area contributed by atoms with E-state index in [2.05, 4.69) is 54.4 Å². The van der Waals surface area contributed by atoms with Crippen molar-refractivity contribution in [2.75, 3.05) is 19.6 Å². The third-order valence-electron chi connectivity index (χ3n) is 4.14. The van der Waals surface area contributed by atoms with Crippen molar-refractivity contribution in [1.29, 1.82) is 0 Å². The molecule has 1 fully saturated rings. The van der Waals surface area contributed by atoms with Gasteiger partial charge < -0.3 is 5.32 Å². The Morgan fingerprint density at radius 2 is 1.90 bits per heavy atom. The van der Waals surface area contributed by atoms with E-state index < -0.39 is 0 Å². The zero-order valence-electron chi connectivity index (χ0n) is 13.3. The summed E-state index contributed by atoms with van der Waals surface area (Å²) in [4.78, 5) is 14.2. The van der Waals surface area contributed by atoms with Crippen LogP contribution < -0.4 is 5.32 Å². The molecule has 0 aromatic heterocycles. The molecule has 1 amide bonds. The molecule has 1 aromatic carbocycles. The fraction of sp³-hybridized carbons (Fsp3) is 0.611. The van der Waals surface area contributed by atoms with E-state index in [1.807, 2.05) is 0 Å². The summed E-state index contributed by atoms with van der Waals surface area (Å²) < 4.78 is 0. The largest absolute Gasteiger partial charge is 0.356 e. The van der Waals surface area contributed by atoms with Gasteiger partial charge in [0.15, 0.2) is 0 Å². The summed E-state index contributed by atoms with van der Waals surface area (Å²) in [5.74, 6) is 1.29. The Balaban J connectivity index is 1.65. The first-order chi connectivity index (χ1) is 10.1. The van der Waals surface area contributed by atoms with Gasteiger partial charge in [-0.2, -0.15) is 0 Å². The number of likely N-dealkylation sites (tertiary alicyclic amines) is 1. The van der Waals surface area contributed by atoms with Crippen LogP contribution in [0.5, 0.6) is 0 Å². The van der Waals surface area contributed by atoms with Gasteiger partial charge in [0.25, 0.3) is 0 Å². The maximum atomic E-state index is 11.7. The Labute approximate surface area is 128 Å². The summed E-state index contributed by atoms with van der Waals surface area (Å²) in [6, 6.07) is 10.7. The van der Waals surface area contributed by atoms with Crippen molar-refractivity contribution in [3.05, 3.63) is 35.9 Å². The third-order valence-corrected chi connectivity index (χ3v) is 4.14. The predicted molar refractivity (Wildman–Crippen MR) is 86.9 cm³/mol. The zero-order valence-corrected chi connectivity index (χ0v) is 13.3. The molecule has 21 heavy (non-hydrogen) atoms. The molecule has 3 heteroatoms. The van der Waals surface area contributed by atoms with Crippen LogP contribution in [0.3, 0.4) is 0 Å². The number of amides is 1. The van der Waals surface area contributed by atoms with Gasteiger partial charge in [-0.15, -0.1) is 0 Å². The highest BCUT2D eigenvalue weighted by Crippen LogP contribution is 2.18. The normalized spacial score (nSPS) is 17.1. The van der Waals surface area contributed by atoms with E-state index in [9.17, 15) is 4.79 Å². The molecule has 116 valence electrons. The molecule has 0 unspecified atom stereocenters. The van der Waals surface area contributed by atoms with E-state index in [1.54, 1.807) is 0 Å². The summed E-state index contributed by atoms with van der Waals surface area (Å²) >= 11 is 0. The van der Waals surface area contributed by atoms with Crippen molar-refractivity contribution < 1.29 is 4.79 Å². The molecule has 1 aliphatic rings. The first kappa shape index (κ1) is 16.0. The summed E-state index contributed by atoms with van der Waals surface area (Å²) in [5.41, 5.74) is 1.39. The van der Waals surface area contributed by atoms with E-state index in [-0.39, 0.29) is 5.91 Å². The van der Waals surface area contributed by atoms with Gasteiger partial charge in [-0.25, -0.2) is 0 Å². The molecule has 0 atom stereocenters. The van der Waals surface area contributed by atoms with Crippen molar-refractivity contribution >= 4 is 5.91 Å². The Kier molecular flexibility index (Phi) is 6.24. The second-order valence-corrected chi connectivity index (χ2v) is 6.61. The highest BCUT2D eigenvalue weighted by molar-refractivity contribution is 5.76. The van der Waals surface area contributed by atoms with Crippen LogP contribution in [0.25, 0.3) is 0 Å². The van der Waals surface area contributed by atoms with Crippen LogP contribution in [0, 0.1) is 11.8 Å². The number of carbonyl (C=O) groups is 1. The second kappa shape index (κ2) is 8.18. The first-order valence-electron chi connectivity index (χ1n) is 8.16. The zero-order chi connectivity index (χ0) is 15.1. The number of rotatable bonds is 6. The van der Waals surface area contributed by atoms with E-state index in [0.29, 0.717) is 18.3 Å². The van der Waals surface area contributed by atoms with Gasteiger partial charge in [0.1, 0.15) is 0 Å². The molecule has 1 aliphatic heterocycles. The Morgan fingerprint density at radius 1 is 1.24 bits per heavy atom. The van der Waals surface area contributed by atoms with Crippen molar-refractivity contribution in [2.24, 2.45) is 11.8 Å². The molecule has 2 rings (SSSR count). The molecule has 0 bridgehead atoms. The van der Waals surface area contributed by atoms with E-state index in [4.69, 9.17) is 0 Å². The molecule has 1 saturated heterocycles. The van der Waals surface area contributed by atoms with E-state index in [1.165, 1.54) is 18.4 Å². The van der Waals surface area contributed by atoms with Crippen LogP contribution in [0.1, 0.15) is 38.7 Å². The lowest BCUT2D eigenvalue weighted by Gasteiger charge is -2.32. The lowest BCUT2D eigenvalue weighted by molar-refractivity contribution is -0.122. The number of piperidine rings is 1. The molecular formula is C18H28N2O. The monoisotopic (exact) mass is 288 g/mol. The molecule has 1 N–H and O–H groups in total. The molecule has 0 spiro atoms. The topological polar surface area (TPSA) is 32.3 Å². The second-order valence-electron chi connectivity index (χ2n) is 6.61. The quantitative estimate of drug-likeness (QED) is 0.872. The maximum absolute atomic E-state index is 11.7. The van der Waals surface area contributed by atoms with E-state index >= 15 is 0 Å². The number of hydrogen-bond donors (Lipinski definition) is 1. The highest BCUT2D eigenvalue weighted by Gasteiger charge is 2.19.